The van der Waals surface area contributed by atoms with Crippen LogP contribution in [-0.2, 0) is 6.42 Å². The number of hydrogen-bond acceptors (Lipinski definition) is 4. The number of ether oxygens (including phenoxy) is 1. The summed E-state index contributed by atoms with van der Waals surface area (Å²) in [7, 11) is 0. The molecule has 2 aromatic rings. The highest BCUT2D eigenvalue weighted by Crippen LogP contribution is 2.27. The van der Waals surface area contributed by atoms with Gasteiger partial charge in [0.05, 0.1) is 5.71 Å². The van der Waals surface area contributed by atoms with Gasteiger partial charge in [-0.2, -0.15) is 0 Å². The second-order valence-electron chi connectivity index (χ2n) is 5.10. The van der Waals surface area contributed by atoms with E-state index in [1.165, 1.54) is 0 Å². The van der Waals surface area contributed by atoms with Gasteiger partial charge in [0.1, 0.15) is 18.5 Å². The normalized spacial score (nSPS) is 16.7. The maximum atomic E-state index is 10.1. The van der Waals surface area contributed by atoms with E-state index in [1.54, 1.807) is 0 Å². The van der Waals surface area contributed by atoms with E-state index in [4.69, 9.17) is 9.94 Å². The lowest BCUT2D eigenvalue weighted by Gasteiger charge is -2.13. The Labute approximate surface area is 123 Å². The molecular formula is C17H17NO3. The summed E-state index contributed by atoms with van der Waals surface area (Å²) in [6, 6.07) is 15.1. The molecule has 0 saturated carbocycles. The Morgan fingerprint density at radius 1 is 1.10 bits per heavy atom. The highest BCUT2D eigenvalue weighted by atomic mass is 16.5. The molecule has 1 aliphatic rings. The third-order valence-electron chi connectivity index (χ3n) is 3.73. The molecule has 1 aliphatic carbocycles. The van der Waals surface area contributed by atoms with E-state index >= 15 is 0 Å². The fourth-order valence-electron chi connectivity index (χ4n) is 2.59. The van der Waals surface area contributed by atoms with Gasteiger partial charge in [0.15, 0.2) is 0 Å². The number of nitrogens with zero attached hydrogens (tertiary/aromatic N) is 1. The van der Waals surface area contributed by atoms with E-state index in [0.717, 1.165) is 41.0 Å². The first-order valence-corrected chi connectivity index (χ1v) is 6.98. The Kier molecular flexibility index (Phi) is 3.88. The number of benzene rings is 2. The summed E-state index contributed by atoms with van der Waals surface area (Å²) in [6.45, 7) is 0.212. The van der Waals surface area contributed by atoms with Crippen LogP contribution < -0.4 is 4.74 Å². The molecule has 2 aromatic carbocycles. The van der Waals surface area contributed by atoms with Crippen molar-refractivity contribution in [3.63, 3.8) is 0 Å². The standard InChI is InChI=1S/C17H17NO3/c19-17(12-4-2-1-3-5-12)11-21-14-7-8-15-13(10-14)6-9-16(15)18-20/h1-5,7-8,10,17,19-20H,6,9,11H2/b18-16-. The third kappa shape index (κ3) is 2.90. The number of hydrogen-bond donors (Lipinski definition) is 2. The number of aryl methyl sites for hydroxylation is 1. The summed E-state index contributed by atoms with van der Waals surface area (Å²) in [5.41, 5.74) is 3.66. The average Bonchev–Trinajstić information content (AvgIpc) is 2.95. The molecule has 21 heavy (non-hydrogen) atoms. The third-order valence-corrected chi connectivity index (χ3v) is 3.73. The molecule has 2 N–H and O–H groups in total. The molecule has 0 heterocycles. The molecule has 0 saturated heterocycles. The van der Waals surface area contributed by atoms with E-state index in [9.17, 15) is 5.11 Å². The van der Waals surface area contributed by atoms with Crippen molar-refractivity contribution in [3.8, 4) is 5.75 Å². The van der Waals surface area contributed by atoms with Crippen LogP contribution in [0.5, 0.6) is 5.75 Å². The molecule has 108 valence electrons. The van der Waals surface area contributed by atoms with Gasteiger partial charge in [-0.1, -0.05) is 35.5 Å². The van der Waals surface area contributed by atoms with Crippen LogP contribution in [0.4, 0.5) is 0 Å². The molecule has 0 spiro atoms. The minimum Gasteiger partial charge on any atom is -0.491 e. The summed E-state index contributed by atoms with van der Waals surface area (Å²) in [5.74, 6) is 0.725. The summed E-state index contributed by atoms with van der Waals surface area (Å²) < 4.78 is 5.66. The molecule has 0 fully saturated rings. The molecule has 0 amide bonds. The van der Waals surface area contributed by atoms with Gasteiger partial charge in [-0.25, -0.2) is 0 Å². The molecule has 4 heteroatoms. The summed E-state index contributed by atoms with van der Waals surface area (Å²) in [6.07, 6.45) is 0.962. The second kappa shape index (κ2) is 5.97. The topological polar surface area (TPSA) is 62.1 Å². The van der Waals surface area contributed by atoms with Gasteiger partial charge in [0, 0.05) is 5.56 Å². The highest BCUT2D eigenvalue weighted by Gasteiger charge is 2.19. The van der Waals surface area contributed by atoms with Crippen molar-refractivity contribution in [2.24, 2.45) is 5.16 Å². The highest BCUT2D eigenvalue weighted by molar-refractivity contribution is 6.04. The predicted molar refractivity (Wildman–Crippen MR) is 80.0 cm³/mol. The Hall–Kier alpha value is -2.33. The molecule has 4 nitrogen and oxygen atoms in total. The zero-order valence-electron chi connectivity index (χ0n) is 11.6. The smallest absolute Gasteiger partial charge is 0.119 e. The molecule has 0 bridgehead atoms. The Balaban J connectivity index is 1.67. The quantitative estimate of drug-likeness (QED) is 0.670. The number of aliphatic hydroxyl groups excluding tert-OH is 1. The van der Waals surface area contributed by atoms with Crippen LogP contribution in [-0.4, -0.2) is 22.6 Å². The maximum absolute atomic E-state index is 10.1. The first-order valence-electron chi connectivity index (χ1n) is 6.98. The van der Waals surface area contributed by atoms with Crippen molar-refractivity contribution >= 4 is 5.71 Å². The van der Waals surface area contributed by atoms with E-state index in [-0.39, 0.29) is 6.61 Å². The summed E-state index contributed by atoms with van der Waals surface area (Å²) in [5, 5.41) is 22.3. The van der Waals surface area contributed by atoms with Crippen LogP contribution in [0.3, 0.4) is 0 Å². The van der Waals surface area contributed by atoms with Gasteiger partial charge >= 0.3 is 0 Å². The van der Waals surface area contributed by atoms with Crippen LogP contribution in [0.1, 0.15) is 29.2 Å². The van der Waals surface area contributed by atoms with Crippen LogP contribution in [0.2, 0.25) is 0 Å². The Morgan fingerprint density at radius 2 is 1.90 bits per heavy atom. The molecular weight excluding hydrogens is 266 g/mol. The van der Waals surface area contributed by atoms with Crippen LogP contribution >= 0.6 is 0 Å². The molecule has 0 aromatic heterocycles. The number of rotatable bonds is 4. The van der Waals surface area contributed by atoms with Gasteiger partial charge < -0.3 is 15.1 Å². The average molecular weight is 283 g/mol. The Morgan fingerprint density at radius 3 is 2.67 bits per heavy atom. The second-order valence-corrected chi connectivity index (χ2v) is 5.10. The van der Waals surface area contributed by atoms with E-state index in [2.05, 4.69) is 5.16 Å². The van der Waals surface area contributed by atoms with E-state index in [0.29, 0.717) is 0 Å². The van der Waals surface area contributed by atoms with Crippen molar-refractivity contribution in [1.29, 1.82) is 0 Å². The van der Waals surface area contributed by atoms with E-state index in [1.807, 2.05) is 48.5 Å². The van der Waals surface area contributed by atoms with Gasteiger partial charge in [-0.3, -0.25) is 0 Å². The molecule has 0 radical (unpaired) electrons. The number of oxime groups is 1. The minimum absolute atomic E-state index is 0.212. The van der Waals surface area contributed by atoms with Crippen molar-refractivity contribution in [2.45, 2.75) is 18.9 Å². The molecule has 1 unspecified atom stereocenters. The monoisotopic (exact) mass is 283 g/mol. The lowest BCUT2D eigenvalue weighted by atomic mass is 10.1. The first-order chi connectivity index (χ1) is 10.3. The molecule has 0 aliphatic heterocycles. The Bertz CT molecular complexity index is 652. The minimum atomic E-state index is -0.644. The van der Waals surface area contributed by atoms with Gasteiger partial charge in [-0.05, 0) is 42.2 Å². The van der Waals surface area contributed by atoms with Crippen LogP contribution in [0.15, 0.2) is 53.7 Å². The van der Waals surface area contributed by atoms with Gasteiger partial charge in [-0.15, -0.1) is 0 Å². The molecule has 1 atom stereocenters. The van der Waals surface area contributed by atoms with Crippen molar-refractivity contribution in [2.75, 3.05) is 6.61 Å². The van der Waals surface area contributed by atoms with Crippen LogP contribution in [0, 0.1) is 0 Å². The number of aliphatic hydroxyl groups is 1. The molecule has 3 rings (SSSR count). The fourth-order valence-corrected chi connectivity index (χ4v) is 2.59. The fraction of sp³-hybridized carbons (Fsp3) is 0.235. The largest absolute Gasteiger partial charge is 0.491 e. The first kappa shape index (κ1) is 13.6. The number of fused-ring (bicyclic) bond motifs is 1. The summed E-state index contributed by atoms with van der Waals surface area (Å²) in [4.78, 5) is 0. The SMILES string of the molecule is O/N=C1/CCc2cc(OCC(O)c3ccccc3)ccc21. The van der Waals surface area contributed by atoms with Crippen LogP contribution in [0.25, 0.3) is 0 Å². The van der Waals surface area contributed by atoms with E-state index < -0.39 is 6.10 Å². The van der Waals surface area contributed by atoms with Crippen molar-refractivity contribution in [1.82, 2.24) is 0 Å². The van der Waals surface area contributed by atoms with Gasteiger partial charge in [0.2, 0.25) is 0 Å². The predicted octanol–water partition coefficient (Wildman–Crippen LogP) is 2.92. The lowest BCUT2D eigenvalue weighted by Crippen LogP contribution is -2.09. The zero-order chi connectivity index (χ0) is 14.7. The zero-order valence-corrected chi connectivity index (χ0v) is 11.6. The summed E-state index contributed by atoms with van der Waals surface area (Å²) >= 11 is 0. The lowest BCUT2D eigenvalue weighted by molar-refractivity contribution is 0.108. The maximum Gasteiger partial charge on any atom is 0.119 e. The van der Waals surface area contributed by atoms with Gasteiger partial charge in [0.25, 0.3) is 0 Å². The van der Waals surface area contributed by atoms with Crippen molar-refractivity contribution in [3.05, 3.63) is 65.2 Å². The van der Waals surface area contributed by atoms with Crippen molar-refractivity contribution < 1.29 is 15.1 Å².